The molecule has 2 aromatic heterocycles. The minimum Gasteiger partial charge on any atom is -0.383 e. The molecule has 3 N–H and O–H groups in total. The van der Waals surface area contributed by atoms with Crippen LogP contribution in [0.3, 0.4) is 0 Å². The molecule has 0 amide bonds. The molecule has 0 aliphatic carbocycles. The Morgan fingerprint density at radius 3 is 2.24 bits per heavy atom. The minimum absolute atomic E-state index is 0.143. The second-order valence-corrected chi connectivity index (χ2v) is 6.88. The van der Waals surface area contributed by atoms with Gasteiger partial charge >= 0.3 is 0 Å². The van der Waals surface area contributed by atoms with Crippen molar-refractivity contribution in [2.75, 3.05) is 11.1 Å². The van der Waals surface area contributed by atoms with Gasteiger partial charge in [-0.25, -0.2) is 15.0 Å². The van der Waals surface area contributed by atoms with Crippen LogP contribution in [0, 0.1) is 20.8 Å². The van der Waals surface area contributed by atoms with Crippen LogP contribution < -0.4 is 11.1 Å². The van der Waals surface area contributed by atoms with E-state index in [2.05, 4.69) is 41.0 Å². The van der Waals surface area contributed by atoms with Gasteiger partial charge in [0.15, 0.2) is 0 Å². The van der Waals surface area contributed by atoms with Crippen molar-refractivity contribution in [1.29, 1.82) is 0 Å². The Bertz CT molecular complexity index is 648. The zero-order valence-electron chi connectivity index (χ0n) is 13.5. The van der Waals surface area contributed by atoms with Crippen molar-refractivity contribution < 1.29 is 0 Å². The van der Waals surface area contributed by atoms with Crippen LogP contribution >= 0.6 is 11.3 Å². The average Bonchev–Trinajstić information content (AvgIpc) is 2.73. The molecule has 6 heteroatoms. The first-order chi connectivity index (χ1) is 9.79. The van der Waals surface area contributed by atoms with Crippen molar-refractivity contribution in [3.8, 4) is 0 Å². The molecule has 1 unspecified atom stereocenters. The minimum atomic E-state index is 0.143. The van der Waals surface area contributed by atoms with Gasteiger partial charge in [-0.3, -0.25) is 0 Å². The maximum absolute atomic E-state index is 6.01. The van der Waals surface area contributed by atoms with Gasteiger partial charge in [-0.05, 0) is 27.7 Å². The van der Waals surface area contributed by atoms with Gasteiger partial charge < -0.3 is 11.1 Å². The standard InChI is InChI=1S/C15H23N5S/c1-7(2)14-19-13(16)8(3)15(20-14)18-10(5)12-9(4)17-11(6)21-12/h7,10H,1-6H3,(H3,16,18,19,20). The van der Waals surface area contributed by atoms with E-state index >= 15 is 0 Å². The van der Waals surface area contributed by atoms with Crippen molar-refractivity contribution in [2.24, 2.45) is 0 Å². The van der Waals surface area contributed by atoms with Crippen molar-refractivity contribution in [2.45, 2.75) is 53.5 Å². The lowest BCUT2D eigenvalue weighted by Crippen LogP contribution is -2.13. The number of anilines is 2. The number of nitrogens with zero attached hydrogens (tertiary/aromatic N) is 3. The van der Waals surface area contributed by atoms with Gasteiger partial charge in [0.2, 0.25) is 0 Å². The highest BCUT2D eigenvalue weighted by Gasteiger charge is 2.17. The molecule has 2 rings (SSSR count). The smallest absolute Gasteiger partial charge is 0.135 e. The van der Waals surface area contributed by atoms with Crippen molar-refractivity contribution >= 4 is 23.0 Å². The molecule has 2 aromatic rings. The lowest BCUT2D eigenvalue weighted by molar-refractivity contribution is 0.768. The predicted molar refractivity (Wildman–Crippen MR) is 88.9 cm³/mol. The Morgan fingerprint density at radius 2 is 1.71 bits per heavy atom. The zero-order valence-corrected chi connectivity index (χ0v) is 14.3. The van der Waals surface area contributed by atoms with E-state index in [0.717, 1.165) is 27.9 Å². The van der Waals surface area contributed by atoms with Crippen molar-refractivity contribution in [1.82, 2.24) is 15.0 Å². The highest BCUT2D eigenvalue weighted by molar-refractivity contribution is 7.11. The van der Waals surface area contributed by atoms with E-state index in [-0.39, 0.29) is 12.0 Å². The van der Waals surface area contributed by atoms with E-state index in [0.29, 0.717) is 5.82 Å². The second-order valence-electron chi connectivity index (χ2n) is 5.64. The summed E-state index contributed by atoms with van der Waals surface area (Å²) in [6, 6.07) is 0.143. The third-order valence-corrected chi connectivity index (χ3v) is 4.66. The van der Waals surface area contributed by atoms with Crippen LogP contribution in [0.15, 0.2) is 0 Å². The molecule has 0 aliphatic heterocycles. The largest absolute Gasteiger partial charge is 0.383 e. The molecule has 0 radical (unpaired) electrons. The summed E-state index contributed by atoms with van der Waals surface area (Å²) < 4.78 is 0. The first kappa shape index (κ1) is 15.7. The molecule has 21 heavy (non-hydrogen) atoms. The van der Waals surface area contributed by atoms with Gasteiger partial charge in [0.25, 0.3) is 0 Å². The Morgan fingerprint density at radius 1 is 1.05 bits per heavy atom. The summed E-state index contributed by atoms with van der Waals surface area (Å²) in [5, 5.41) is 4.54. The number of aromatic nitrogens is 3. The quantitative estimate of drug-likeness (QED) is 0.900. The van der Waals surface area contributed by atoms with E-state index in [1.54, 1.807) is 11.3 Å². The van der Waals surface area contributed by atoms with Gasteiger partial charge in [0, 0.05) is 16.4 Å². The van der Waals surface area contributed by atoms with Crippen LogP contribution in [-0.4, -0.2) is 15.0 Å². The van der Waals surface area contributed by atoms with Crippen LogP contribution in [0.2, 0.25) is 0 Å². The molecule has 0 spiro atoms. The maximum atomic E-state index is 6.01. The number of aryl methyl sites for hydroxylation is 2. The number of hydrogen-bond acceptors (Lipinski definition) is 6. The van der Waals surface area contributed by atoms with E-state index < -0.39 is 0 Å². The molecule has 0 fully saturated rings. The topological polar surface area (TPSA) is 76.7 Å². The van der Waals surface area contributed by atoms with E-state index in [4.69, 9.17) is 5.73 Å². The van der Waals surface area contributed by atoms with Crippen LogP contribution in [0.4, 0.5) is 11.6 Å². The van der Waals surface area contributed by atoms with Crippen molar-refractivity contribution in [3.05, 3.63) is 27.0 Å². The molecular weight excluding hydrogens is 282 g/mol. The fourth-order valence-electron chi connectivity index (χ4n) is 2.17. The van der Waals surface area contributed by atoms with Gasteiger partial charge in [-0.1, -0.05) is 13.8 Å². The number of nitrogen functional groups attached to an aromatic ring is 1. The number of hydrogen-bond donors (Lipinski definition) is 2. The second kappa shape index (κ2) is 5.97. The number of nitrogens with two attached hydrogens (primary N) is 1. The van der Waals surface area contributed by atoms with Crippen LogP contribution in [0.5, 0.6) is 0 Å². The summed E-state index contributed by atoms with van der Waals surface area (Å²) in [6.07, 6.45) is 0. The summed E-state index contributed by atoms with van der Waals surface area (Å²) in [7, 11) is 0. The van der Waals surface area contributed by atoms with Gasteiger partial charge in [0.1, 0.15) is 17.5 Å². The van der Waals surface area contributed by atoms with Gasteiger partial charge in [-0.2, -0.15) is 0 Å². The molecule has 0 saturated heterocycles. The third-order valence-electron chi connectivity index (χ3n) is 3.40. The summed E-state index contributed by atoms with van der Waals surface area (Å²) in [6.45, 7) is 12.3. The molecule has 1 atom stereocenters. The summed E-state index contributed by atoms with van der Waals surface area (Å²) in [5.41, 5.74) is 7.97. The fraction of sp³-hybridized carbons (Fsp3) is 0.533. The third kappa shape index (κ3) is 3.32. The Kier molecular flexibility index (Phi) is 4.46. The lowest BCUT2D eigenvalue weighted by Gasteiger charge is -2.18. The monoisotopic (exact) mass is 305 g/mol. The van der Waals surface area contributed by atoms with E-state index in [1.165, 1.54) is 4.88 Å². The van der Waals surface area contributed by atoms with E-state index in [1.807, 2.05) is 20.8 Å². The molecule has 0 saturated carbocycles. The first-order valence-corrected chi connectivity index (χ1v) is 7.95. The summed E-state index contributed by atoms with van der Waals surface area (Å²) >= 11 is 1.71. The maximum Gasteiger partial charge on any atom is 0.135 e. The molecule has 2 heterocycles. The predicted octanol–water partition coefficient (Wildman–Crippen LogP) is 3.74. The highest BCUT2D eigenvalue weighted by Crippen LogP contribution is 2.29. The molecule has 5 nitrogen and oxygen atoms in total. The molecule has 0 bridgehead atoms. The van der Waals surface area contributed by atoms with Crippen LogP contribution in [0.25, 0.3) is 0 Å². The number of rotatable bonds is 4. The molecule has 0 aliphatic rings. The lowest BCUT2D eigenvalue weighted by atomic mass is 10.2. The molecule has 0 aromatic carbocycles. The summed E-state index contributed by atoms with van der Waals surface area (Å²) in [4.78, 5) is 14.7. The Hall–Kier alpha value is -1.69. The Balaban J connectivity index is 2.32. The Labute approximate surface area is 130 Å². The van der Waals surface area contributed by atoms with Gasteiger partial charge in [-0.15, -0.1) is 11.3 Å². The average molecular weight is 305 g/mol. The first-order valence-electron chi connectivity index (χ1n) is 7.14. The summed E-state index contributed by atoms with van der Waals surface area (Å²) in [5.74, 6) is 2.37. The van der Waals surface area contributed by atoms with E-state index in [9.17, 15) is 0 Å². The highest BCUT2D eigenvalue weighted by atomic mass is 32.1. The van der Waals surface area contributed by atoms with Gasteiger partial charge in [0.05, 0.1) is 16.7 Å². The van der Waals surface area contributed by atoms with Crippen molar-refractivity contribution in [3.63, 3.8) is 0 Å². The number of thiazole rings is 1. The van der Waals surface area contributed by atoms with Crippen LogP contribution in [-0.2, 0) is 0 Å². The number of nitrogens with one attached hydrogen (secondary N) is 1. The zero-order chi connectivity index (χ0) is 15.7. The SMILES string of the molecule is Cc1nc(C)c(C(C)Nc2nc(C(C)C)nc(N)c2C)s1. The fourth-order valence-corrected chi connectivity index (χ4v) is 3.10. The van der Waals surface area contributed by atoms with Crippen LogP contribution in [0.1, 0.15) is 59.7 Å². The molecule has 114 valence electrons. The molecular formula is C15H23N5S. The normalized spacial score (nSPS) is 12.7.